The first kappa shape index (κ1) is 10.9. The van der Waals surface area contributed by atoms with Crippen molar-refractivity contribution in [2.24, 2.45) is 5.73 Å². The van der Waals surface area contributed by atoms with Crippen molar-refractivity contribution in [1.82, 2.24) is 4.90 Å². The molecule has 1 aliphatic heterocycles. The van der Waals surface area contributed by atoms with Crippen molar-refractivity contribution in [3.63, 3.8) is 0 Å². The molecule has 1 saturated heterocycles. The number of hydrogen-bond acceptors (Lipinski definition) is 4. The summed E-state index contributed by atoms with van der Waals surface area (Å²) in [5.41, 5.74) is 5.71. The largest absolute Gasteiger partial charge is 0.326 e. The standard InChI is InChI=1S/C8H18N2O2S/c1-2-13(11,12)6-5-10-4-3-8(9)7-10/h8H,2-7,9H2,1H3. The van der Waals surface area contributed by atoms with Gasteiger partial charge in [0, 0.05) is 24.9 Å². The molecule has 5 heteroatoms. The molecular weight excluding hydrogens is 188 g/mol. The van der Waals surface area contributed by atoms with Crippen LogP contribution in [0.25, 0.3) is 0 Å². The first-order valence-corrected chi connectivity index (χ1v) is 6.54. The molecule has 1 atom stereocenters. The summed E-state index contributed by atoms with van der Waals surface area (Å²) in [7, 11) is -2.81. The van der Waals surface area contributed by atoms with Gasteiger partial charge in [0.05, 0.1) is 5.75 Å². The molecule has 0 spiro atoms. The highest BCUT2D eigenvalue weighted by molar-refractivity contribution is 7.91. The fraction of sp³-hybridized carbons (Fsp3) is 1.00. The van der Waals surface area contributed by atoms with E-state index in [1.54, 1.807) is 6.92 Å². The number of nitrogens with two attached hydrogens (primary N) is 1. The molecular formula is C8H18N2O2S. The summed E-state index contributed by atoms with van der Waals surface area (Å²) in [6.45, 7) is 4.12. The monoisotopic (exact) mass is 206 g/mol. The average molecular weight is 206 g/mol. The molecule has 2 N–H and O–H groups in total. The molecule has 4 nitrogen and oxygen atoms in total. The number of sulfone groups is 1. The molecule has 0 aromatic rings. The number of nitrogens with zero attached hydrogens (tertiary/aromatic N) is 1. The second-order valence-corrected chi connectivity index (χ2v) is 6.06. The third kappa shape index (κ3) is 3.62. The zero-order valence-electron chi connectivity index (χ0n) is 8.07. The number of rotatable bonds is 4. The number of hydrogen-bond donors (Lipinski definition) is 1. The molecule has 0 radical (unpaired) electrons. The maximum absolute atomic E-state index is 11.2. The second kappa shape index (κ2) is 4.39. The minimum Gasteiger partial charge on any atom is -0.326 e. The van der Waals surface area contributed by atoms with Crippen LogP contribution >= 0.6 is 0 Å². The maximum Gasteiger partial charge on any atom is 0.151 e. The quantitative estimate of drug-likeness (QED) is 0.670. The molecule has 1 fully saturated rings. The molecule has 0 aromatic heterocycles. The van der Waals surface area contributed by atoms with Crippen LogP contribution in [0, 0.1) is 0 Å². The van der Waals surface area contributed by atoms with Crippen LogP contribution in [-0.2, 0) is 9.84 Å². The molecule has 13 heavy (non-hydrogen) atoms. The Morgan fingerprint density at radius 2 is 2.23 bits per heavy atom. The number of likely N-dealkylation sites (tertiary alicyclic amines) is 1. The molecule has 1 aliphatic rings. The van der Waals surface area contributed by atoms with E-state index in [0.29, 0.717) is 6.54 Å². The van der Waals surface area contributed by atoms with Crippen molar-refractivity contribution in [2.75, 3.05) is 31.1 Å². The van der Waals surface area contributed by atoms with E-state index in [9.17, 15) is 8.42 Å². The lowest BCUT2D eigenvalue weighted by Crippen LogP contribution is -2.30. The van der Waals surface area contributed by atoms with Crippen molar-refractivity contribution in [3.05, 3.63) is 0 Å². The van der Waals surface area contributed by atoms with Crippen LogP contribution in [0.4, 0.5) is 0 Å². The Morgan fingerprint density at radius 3 is 2.69 bits per heavy atom. The van der Waals surface area contributed by atoms with E-state index in [4.69, 9.17) is 5.73 Å². The Labute approximate surface area is 80.0 Å². The Morgan fingerprint density at radius 1 is 1.54 bits per heavy atom. The molecule has 1 heterocycles. The van der Waals surface area contributed by atoms with Gasteiger partial charge in [-0.3, -0.25) is 0 Å². The van der Waals surface area contributed by atoms with Gasteiger partial charge >= 0.3 is 0 Å². The lowest BCUT2D eigenvalue weighted by atomic mass is 10.3. The Hall–Kier alpha value is -0.130. The molecule has 0 bridgehead atoms. The van der Waals surface area contributed by atoms with E-state index in [2.05, 4.69) is 4.90 Å². The van der Waals surface area contributed by atoms with Crippen LogP contribution < -0.4 is 5.73 Å². The summed E-state index contributed by atoms with van der Waals surface area (Å²) >= 11 is 0. The lowest BCUT2D eigenvalue weighted by molar-refractivity contribution is 0.354. The van der Waals surface area contributed by atoms with Crippen molar-refractivity contribution in [2.45, 2.75) is 19.4 Å². The van der Waals surface area contributed by atoms with E-state index in [0.717, 1.165) is 19.5 Å². The van der Waals surface area contributed by atoms with Gasteiger partial charge in [-0.1, -0.05) is 6.92 Å². The predicted molar refractivity (Wildman–Crippen MR) is 53.4 cm³/mol. The minimum absolute atomic E-state index is 0.240. The van der Waals surface area contributed by atoms with Crippen LogP contribution in [0.5, 0.6) is 0 Å². The van der Waals surface area contributed by atoms with E-state index >= 15 is 0 Å². The fourth-order valence-corrected chi connectivity index (χ4v) is 2.30. The summed E-state index contributed by atoms with van der Waals surface area (Å²) in [6.07, 6.45) is 0.992. The zero-order valence-corrected chi connectivity index (χ0v) is 8.89. The molecule has 0 aliphatic carbocycles. The summed E-state index contributed by atoms with van der Waals surface area (Å²) in [6, 6.07) is 0.240. The first-order chi connectivity index (χ1) is 6.03. The van der Waals surface area contributed by atoms with Crippen molar-refractivity contribution in [3.8, 4) is 0 Å². The average Bonchev–Trinajstić information content (AvgIpc) is 2.48. The smallest absolute Gasteiger partial charge is 0.151 e. The zero-order chi connectivity index (χ0) is 9.90. The van der Waals surface area contributed by atoms with Gasteiger partial charge in [-0.15, -0.1) is 0 Å². The Kier molecular flexibility index (Phi) is 3.70. The molecule has 78 valence electrons. The van der Waals surface area contributed by atoms with Gasteiger partial charge in [0.25, 0.3) is 0 Å². The maximum atomic E-state index is 11.2. The first-order valence-electron chi connectivity index (χ1n) is 4.72. The third-order valence-electron chi connectivity index (χ3n) is 2.47. The van der Waals surface area contributed by atoms with Crippen LogP contribution in [0.2, 0.25) is 0 Å². The lowest BCUT2D eigenvalue weighted by Gasteiger charge is -2.14. The van der Waals surface area contributed by atoms with Gasteiger partial charge in [0.2, 0.25) is 0 Å². The SMILES string of the molecule is CCS(=O)(=O)CCN1CCC(N)C1. The van der Waals surface area contributed by atoms with Gasteiger partial charge in [0.1, 0.15) is 0 Å². The highest BCUT2D eigenvalue weighted by atomic mass is 32.2. The van der Waals surface area contributed by atoms with Crippen LogP contribution in [-0.4, -0.2) is 50.5 Å². The molecule has 0 saturated carbocycles. The second-order valence-electron chi connectivity index (χ2n) is 3.59. The summed E-state index contributed by atoms with van der Waals surface area (Å²) in [5.74, 6) is 0.517. The third-order valence-corrected chi connectivity index (χ3v) is 4.15. The highest BCUT2D eigenvalue weighted by Crippen LogP contribution is 2.06. The van der Waals surface area contributed by atoms with Gasteiger partial charge < -0.3 is 10.6 Å². The van der Waals surface area contributed by atoms with E-state index in [-0.39, 0.29) is 17.5 Å². The van der Waals surface area contributed by atoms with Crippen LogP contribution in [0.3, 0.4) is 0 Å². The van der Waals surface area contributed by atoms with Gasteiger partial charge in [-0.2, -0.15) is 0 Å². The van der Waals surface area contributed by atoms with E-state index < -0.39 is 9.84 Å². The topological polar surface area (TPSA) is 63.4 Å². The summed E-state index contributed by atoms with van der Waals surface area (Å²) in [5, 5.41) is 0. The van der Waals surface area contributed by atoms with Crippen LogP contribution in [0.15, 0.2) is 0 Å². The fourth-order valence-electron chi connectivity index (χ4n) is 1.48. The van der Waals surface area contributed by atoms with Crippen LogP contribution in [0.1, 0.15) is 13.3 Å². The van der Waals surface area contributed by atoms with Crippen molar-refractivity contribution < 1.29 is 8.42 Å². The molecule has 1 unspecified atom stereocenters. The van der Waals surface area contributed by atoms with Gasteiger partial charge in [0.15, 0.2) is 9.84 Å². The van der Waals surface area contributed by atoms with Crippen molar-refractivity contribution in [1.29, 1.82) is 0 Å². The minimum atomic E-state index is -2.81. The normalized spacial score (nSPS) is 25.2. The molecule has 1 rings (SSSR count). The summed E-state index contributed by atoms with van der Waals surface area (Å²) < 4.78 is 22.4. The van der Waals surface area contributed by atoms with E-state index in [1.807, 2.05) is 0 Å². The molecule has 0 aromatic carbocycles. The van der Waals surface area contributed by atoms with Gasteiger partial charge in [-0.05, 0) is 13.0 Å². The Bertz CT molecular complexity index is 251. The molecule has 0 amide bonds. The van der Waals surface area contributed by atoms with E-state index in [1.165, 1.54) is 0 Å². The highest BCUT2D eigenvalue weighted by Gasteiger charge is 2.20. The van der Waals surface area contributed by atoms with Crippen molar-refractivity contribution >= 4 is 9.84 Å². The predicted octanol–water partition coefficient (Wildman–Crippen LogP) is -0.546. The summed E-state index contributed by atoms with van der Waals surface area (Å²) in [4.78, 5) is 2.12. The van der Waals surface area contributed by atoms with Gasteiger partial charge in [-0.25, -0.2) is 8.42 Å². The Balaban J connectivity index is 2.27.